The summed E-state index contributed by atoms with van der Waals surface area (Å²) in [6.45, 7) is 7.64. The van der Waals surface area contributed by atoms with Gasteiger partial charge < -0.3 is 9.64 Å². The van der Waals surface area contributed by atoms with Crippen LogP contribution in [-0.2, 0) is 16.1 Å². The monoisotopic (exact) mass is 342 g/mol. The van der Waals surface area contributed by atoms with Gasteiger partial charge in [-0.25, -0.2) is 0 Å². The number of ether oxygens (including phenoxy) is 1. The first kappa shape index (κ1) is 17.0. The summed E-state index contributed by atoms with van der Waals surface area (Å²) >= 11 is 0. The average molecular weight is 342 g/mol. The Labute approximate surface area is 151 Å². The molecule has 1 amide bonds. The van der Waals surface area contributed by atoms with E-state index in [0.29, 0.717) is 11.9 Å². The topological polar surface area (TPSA) is 32.8 Å². The van der Waals surface area contributed by atoms with E-state index in [4.69, 9.17) is 4.74 Å². The smallest absolute Gasteiger partial charge is 0.230 e. The summed E-state index contributed by atoms with van der Waals surface area (Å²) in [4.78, 5) is 18.1. The van der Waals surface area contributed by atoms with Crippen molar-refractivity contribution in [2.24, 2.45) is 5.41 Å². The highest BCUT2D eigenvalue weighted by Crippen LogP contribution is 2.41. The molecule has 1 atom stereocenters. The van der Waals surface area contributed by atoms with Crippen molar-refractivity contribution in [2.45, 2.75) is 51.6 Å². The number of hydrogen-bond donors (Lipinski definition) is 0. The first-order valence-corrected chi connectivity index (χ1v) is 9.83. The van der Waals surface area contributed by atoms with Crippen LogP contribution in [0.4, 0.5) is 0 Å². The third-order valence-electron chi connectivity index (χ3n) is 6.32. The molecule has 1 aromatic rings. The molecule has 0 aliphatic carbocycles. The number of nitrogens with zero attached hydrogens (tertiary/aromatic N) is 2. The van der Waals surface area contributed by atoms with Gasteiger partial charge in [0.1, 0.15) is 0 Å². The molecular weight excluding hydrogens is 312 g/mol. The van der Waals surface area contributed by atoms with Crippen molar-refractivity contribution in [1.82, 2.24) is 9.80 Å². The molecule has 0 bridgehead atoms. The fourth-order valence-electron chi connectivity index (χ4n) is 4.99. The number of hydrogen-bond acceptors (Lipinski definition) is 3. The highest BCUT2D eigenvalue weighted by atomic mass is 16.5. The van der Waals surface area contributed by atoms with Crippen LogP contribution < -0.4 is 0 Å². The Morgan fingerprint density at radius 1 is 1.20 bits per heavy atom. The largest absolute Gasteiger partial charge is 0.381 e. The number of carbonyl (C=O) groups is 1. The lowest BCUT2D eigenvalue weighted by molar-refractivity contribution is -0.150. The number of amides is 1. The fraction of sp³-hybridized carbons (Fsp3) is 0.667. The van der Waals surface area contributed by atoms with Crippen molar-refractivity contribution in [2.75, 3.05) is 32.8 Å². The Hall–Kier alpha value is -1.39. The number of aryl methyl sites for hydroxylation is 1. The molecule has 1 aromatic carbocycles. The maximum absolute atomic E-state index is 13.4. The summed E-state index contributed by atoms with van der Waals surface area (Å²) < 4.78 is 5.49. The number of carbonyl (C=O) groups excluding carboxylic acids is 1. The maximum atomic E-state index is 13.4. The lowest BCUT2D eigenvalue weighted by atomic mass is 9.77. The van der Waals surface area contributed by atoms with Gasteiger partial charge in [-0.3, -0.25) is 9.69 Å². The van der Waals surface area contributed by atoms with E-state index >= 15 is 0 Å². The standard InChI is InChI=1S/C21H30N2O2/c1-17-4-2-5-18(14-17)15-22-11-9-21(16-22)8-3-10-23(20(21)24)19-6-12-25-13-7-19/h2,4-5,14,19H,3,6-13,15-16H2,1H3/t21-/m0/s1. The number of likely N-dealkylation sites (tertiary alicyclic amines) is 2. The molecule has 3 fully saturated rings. The Morgan fingerprint density at radius 3 is 2.84 bits per heavy atom. The summed E-state index contributed by atoms with van der Waals surface area (Å²) in [5.41, 5.74) is 2.55. The van der Waals surface area contributed by atoms with Crippen LogP contribution in [0.15, 0.2) is 24.3 Å². The zero-order valence-corrected chi connectivity index (χ0v) is 15.4. The SMILES string of the molecule is Cc1cccc(CN2CC[C@@]3(CCCN(C4CCOCC4)C3=O)C2)c1. The second kappa shape index (κ2) is 7.08. The van der Waals surface area contributed by atoms with Crippen LogP contribution in [0.25, 0.3) is 0 Å². The number of benzene rings is 1. The Morgan fingerprint density at radius 2 is 2.04 bits per heavy atom. The first-order valence-electron chi connectivity index (χ1n) is 9.83. The molecule has 1 spiro atoms. The van der Waals surface area contributed by atoms with Crippen molar-refractivity contribution in [1.29, 1.82) is 0 Å². The number of rotatable bonds is 3. The minimum atomic E-state index is -0.125. The van der Waals surface area contributed by atoms with Gasteiger partial charge in [-0.2, -0.15) is 0 Å². The van der Waals surface area contributed by atoms with E-state index in [1.165, 1.54) is 11.1 Å². The van der Waals surface area contributed by atoms with Gasteiger partial charge in [-0.15, -0.1) is 0 Å². The van der Waals surface area contributed by atoms with E-state index in [1.807, 2.05) is 0 Å². The van der Waals surface area contributed by atoms with Crippen LogP contribution >= 0.6 is 0 Å². The van der Waals surface area contributed by atoms with Crippen LogP contribution in [0.2, 0.25) is 0 Å². The van der Waals surface area contributed by atoms with Crippen LogP contribution in [0.3, 0.4) is 0 Å². The summed E-state index contributed by atoms with van der Waals surface area (Å²) in [6, 6.07) is 9.15. The second-order valence-corrected chi connectivity index (χ2v) is 8.18. The lowest BCUT2D eigenvalue weighted by Crippen LogP contribution is -2.54. The summed E-state index contributed by atoms with van der Waals surface area (Å²) in [7, 11) is 0. The fourth-order valence-corrected chi connectivity index (χ4v) is 4.99. The quantitative estimate of drug-likeness (QED) is 0.847. The molecule has 0 aromatic heterocycles. The molecule has 25 heavy (non-hydrogen) atoms. The van der Waals surface area contributed by atoms with Gasteiger partial charge in [0.2, 0.25) is 5.91 Å². The highest BCUT2D eigenvalue weighted by Gasteiger charge is 2.49. The van der Waals surface area contributed by atoms with E-state index in [1.54, 1.807) is 0 Å². The summed E-state index contributed by atoms with van der Waals surface area (Å²) in [5, 5.41) is 0. The predicted octanol–water partition coefficient (Wildman–Crippen LogP) is 2.99. The summed E-state index contributed by atoms with van der Waals surface area (Å²) in [5.74, 6) is 0.428. The van der Waals surface area contributed by atoms with Gasteiger partial charge in [0.15, 0.2) is 0 Å². The van der Waals surface area contributed by atoms with Gasteiger partial charge in [0, 0.05) is 38.9 Å². The average Bonchev–Trinajstić information content (AvgIpc) is 3.02. The molecular formula is C21H30N2O2. The van der Waals surface area contributed by atoms with Crippen molar-refractivity contribution >= 4 is 5.91 Å². The third kappa shape index (κ3) is 3.47. The lowest BCUT2D eigenvalue weighted by Gasteiger charge is -2.44. The van der Waals surface area contributed by atoms with E-state index in [2.05, 4.69) is 41.0 Å². The van der Waals surface area contributed by atoms with Crippen LogP contribution in [0.5, 0.6) is 0 Å². The van der Waals surface area contributed by atoms with E-state index in [0.717, 1.165) is 71.5 Å². The molecule has 0 radical (unpaired) electrons. The van der Waals surface area contributed by atoms with Crippen LogP contribution in [0, 0.1) is 12.3 Å². The molecule has 136 valence electrons. The van der Waals surface area contributed by atoms with Gasteiger partial charge in [-0.1, -0.05) is 29.8 Å². The van der Waals surface area contributed by atoms with Gasteiger partial charge in [-0.05, 0) is 51.1 Å². The highest BCUT2D eigenvalue weighted by molar-refractivity contribution is 5.84. The maximum Gasteiger partial charge on any atom is 0.230 e. The van der Waals surface area contributed by atoms with Crippen molar-refractivity contribution in [3.8, 4) is 0 Å². The Bertz CT molecular complexity index is 626. The van der Waals surface area contributed by atoms with Crippen molar-refractivity contribution < 1.29 is 9.53 Å². The van der Waals surface area contributed by atoms with E-state index in [-0.39, 0.29) is 5.41 Å². The minimum Gasteiger partial charge on any atom is -0.381 e. The Kier molecular flexibility index (Phi) is 4.83. The summed E-state index contributed by atoms with van der Waals surface area (Å²) in [6.07, 6.45) is 5.26. The zero-order valence-electron chi connectivity index (χ0n) is 15.4. The Balaban J connectivity index is 1.43. The molecule has 3 saturated heterocycles. The van der Waals surface area contributed by atoms with Crippen molar-refractivity contribution in [3.05, 3.63) is 35.4 Å². The van der Waals surface area contributed by atoms with Gasteiger partial charge in [0.25, 0.3) is 0 Å². The molecule has 3 aliphatic heterocycles. The van der Waals surface area contributed by atoms with Crippen LogP contribution in [0.1, 0.15) is 43.2 Å². The number of piperidine rings is 1. The van der Waals surface area contributed by atoms with Crippen molar-refractivity contribution in [3.63, 3.8) is 0 Å². The first-order chi connectivity index (χ1) is 12.2. The molecule has 0 saturated carbocycles. The molecule has 4 nitrogen and oxygen atoms in total. The minimum absolute atomic E-state index is 0.125. The molecule has 4 rings (SSSR count). The molecule has 0 unspecified atom stereocenters. The molecule has 3 aliphatic rings. The van der Waals surface area contributed by atoms with Gasteiger partial charge in [0.05, 0.1) is 5.41 Å². The molecule has 3 heterocycles. The van der Waals surface area contributed by atoms with Crippen LogP contribution in [-0.4, -0.2) is 54.6 Å². The van der Waals surface area contributed by atoms with Gasteiger partial charge >= 0.3 is 0 Å². The molecule has 0 N–H and O–H groups in total. The predicted molar refractivity (Wildman–Crippen MR) is 98.3 cm³/mol. The van der Waals surface area contributed by atoms with E-state index in [9.17, 15) is 4.79 Å². The second-order valence-electron chi connectivity index (χ2n) is 8.18. The normalized spacial score (nSPS) is 28.8. The zero-order chi connectivity index (χ0) is 17.3. The third-order valence-corrected chi connectivity index (χ3v) is 6.32. The molecule has 4 heteroatoms. The van der Waals surface area contributed by atoms with E-state index < -0.39 is 0 Å².